The van der Waals surface area contributed by atoms with Gasteiger partial charge in [-0.15, -0.1) is 0 Å². The summed E-state index contributed by atoms with van der Waals surface area (Å²) < 4.78 is 38.6. The van der Waals surface area contributed by atoms with Crippen molar-refractivity contribution in [2.75, 3.05) is 5.73 Å². The summed E-state index contributed by atoms with van der Waals surface area (Å²) in [6, 6.07) is 1.93. The number of hydrogen-bond acceptors (Lipinski definition) is 4. The average molecular weight is 289 g/mol. The van der Waals surface area contributed by atoms with E-state index in [0.717, 1.165) is 18.2 Å². The fraction of sp³-hybridized carbons (Fsp3) is 0.364. The highest BCUT2D eigenvalue weighted by Crippen LogP contribution is 2.15. The van der Waals surface area contributed by atoms with Crippen LogP contribution in [0.4, 0.5) is 14.9 Å². The second-order valence-electron chi connectivity index (χ2n) is 5.03. The molecule has 1 rings (SSSR count). The predicted octanol–water partition coefficient (Wildman–Crippen LogP) is 1.19. The number of carbonyl (C=O) groups excluding carboxylic acids is 1. The number of nitrogens with two attached hydrogens (primary N) is 1. The molecule has 0 aromatic heterocycles. The van der Waals surface area contributed by atoms with Crippen molar-refractivity contribution >= 4 is 21.7 Å². The smallest absolute Gasteiger partial charge is 0.329 e. The van der Waals surface area contributed by atoms with Gasteiger partial charge < -0.3 is 11.1 Å². The molecule has 0 radical (unpaired) electrons. The van der Waals surface area contributed by atoms with Gasteiger partial charge in [0.15, 0.2) is 0 Å². The van der Waals surface area contributed by atoms with Crippen LogP contribution in [-0.2, 0) is 10.0 Å². The summed E-state index contributed by atoms with van der Waals surface area (Å²) in [5.41, 5.74) is 4.71. The van der Waals surface area contributed by atoms with Crippen molar-refractivity contribution in [1.29, 1.82) is 0 Å². The largest absolute Gasteiger partial charge is 0.399 e. The molecule has 6 nitrogen and oxygen atoms in total. The van der Waals surface area contributed by atoms with E-state index in [1.807, 2.05) is 0 Å². The van der Waals surface area contributed by atoms with Crippen LogP contribution in [0.3, 0.4) is 0 Å². The summed E-state index contributed by atoms with van der Waals surface area (Å²) in [6.07, 6.45) is 0. The minimum absolute atomic E-state index is 0.0448. The summed E-state index contributed by atoms with van der Waals surface area (Å²) in [6.45, 7) is 5.08. The number of benzene rings is 1. The molecule has 0 bridgehead atoms. The van der Waals surface area contributed by atoms with Gasteiger partial charge in [-0.05, 0) is 39.0 Å². The molecule has 0 aliphatic rings. The summed E-state index contributed by atoms with van der Waals surface area (Å²) in [7, 11) is -4.16. The topological polar surface area (TPSA) is 101 Å². The molecule has 0 aliphatic carbocycles. The molecule has 4 N–H and O–H groups in total. The van der Waals surface area contributed by atoms with Crippen molar-refractivity contribution in [1.82, 2.24) is 10.0 Å². The van der Waals surface area contributed by atoms with Crippen molar-refractivity contribution in [3.63, 3.8) is 0 Å². The molecule has 106 valence electrons. The number of anilines is 1. The molecule has 0 saturated carbocycles. The van der Waals surface area contributed by atoms with E-state index >= 15 is 0 Å². The Labute approximate surface area is 111 Å². The van der Waals surface area contributed by atoms with Crippen LogP contribution in [-0.4, -0.2) is 20.0 Å². The Hall–Kier alpha value is -1.83. The highest BCUT2D eigenvalue weighted by molar-refractivity contribution is 7.90. The molecule has 0 aliphatic heterocycles. The van der Waals surface area contributed by atoms with Crippen molar-refractivity contribution in [3.05, 3.63) is 24.0 Å². The lowest BCUT2D eigenvalue weighted by atomic mass is 10.1. The van der Waals surface area contributed by atoms with Crippen LogP contribution < -0.4 is 15.8 Å². The van der Waals surface area contributed by atoms with E-state index in [0.29, 0.717) is 0 Å². The molecule has 0 unspecified atom stereocenters. The lowest BCUT2D eigenvalue weighted by Crippen LogP contribution is -2.48. The highest BCUT2D eigenvalue weighted by Gasteiger charge is 2.21. The fourth-order valence-electron chi connectivity index (χ4n) is 1.29. The number of urea groups is 1. The Bertz CT molecular complexity index is 573. The number of rotatable bonds is 2. The number of nitrogen functional groups attached to an aromatic ring is 1. The normalized spacial score (nSPS) is 12.0. The number of hydrogen-bond donors (Lipinski definition) is 3. The van der Waals surface area contributed by atoms with Crippen LogP contribution in [0.25, 0.3) is 0 Å². The second-order valence-corrected chi connectivity index (χ2v) is 6.71. The van der Waals surface area contributed by atoms with Crippen LogP contribution >= 0.6 is 0 Å². The van der Waals surface area contributed by atoms with E-state index in [-0.39, 0.29) is 5.69 Å². The van der Waals surface area contributed by atoms with Gasteiger partial charge in [0, 0.05) is 11.2 Å². The van der Waals surface area contributed by atoms with E-state index in [2.05, 4.69) is 5.32 Å². The van der Waals surface area contributed by atoms with Gasteiger partial charge in [0.05, 0.1) is 4.90 Å². The molecule has 0 saturated heterocycles. The zero-order valence-corrected chi connectivity index (χ0v) is 11.6. The third kappa shape index (κ3) is 4.74. The molecule has 0 fully saturated rings. The van der Waals surface area contributed by atoms with E-state index in [4.69, 9.17) is 5.73 Å². The first-order chi connectivity index (χ1) is 8.49. The van der Waals surface area contributed by atoms with Gasteiger partial charge in [0.25, 0.3) is 10.0 Å². The maximum Gasteiger partial charge on any atom is 0.329 e. The predicted molar refractivity (Wildman–Crippen MR) is 69.4 cm³/mol. The summed E-state index contributed by atoms with van der Waals surface area (Å²) in [5, 5.41) is 2.42. The van der Waals surface area contributed by atoms with Crippen molar-refractivity contribution in [3.8, 4) is 0 Å². The first-order valence-electron chi connectivity index (χ1n) is 5.41. The molecule has 0 atom stereocenters. The lowest BCUT2D eigenvalue weighted by molar-refractivity contribution is 0.237. The quantitative estimate of drug-likeness (QED) is 0.712. The van der Waals surface area contributed by atoms with Crippen LogP contribution in [0.2, 0.25) is 0 Å². The summed E-state index contributed by atoms with van der Waals surface area (Å²) in [4.78, 5) is 11.1. The second kappa shape index (κ2) is 5.04. The van der Waals surface area contributed by atoms with E-state index in [1.54, 1.807) is 25.5 Å². The maximum absolute atomic E-state index is 13.1. The Kier molecular flexibility index (Phi) is 4.04. The van der Waals surface area contributed by atoms with Crippen LogP contribution in [0.5, 0.6) is 0 Å². The van der Waals surface area contributed by atoms with Crippen LogP contribution in [0.15, 0.2) is 23.1 Å². The summed E-state index contributed by atoms with van der Waals surface area (Å²) >= 11 is 0. The van der Waals surface area contributed by atoms with Crippen LogP contribution in [0.1, 0.15) is 20.8 Å². The molecule has 1 aromatic carbocycles. The van der Waals surface area contributed by atoms with Gasteiger partial charge in [-0.1, -0.05) is 0 Å². The average Bonchev–Trinajstić information content (AvgIpc) is 2.11. The molecule has 8 heteroatoms. The van der Waals surface area contributed by atoms with Gasteiger partial charge in [-0.3, -0.25) is 0 Å². The number of carbonyl (C=O) groups is 1. The fourth-order valence-corrected chi connectivity index (χ4v) is 2.26. The van der Waals surface area contributed by atoms with Crippen molar-refractivity contribution < 1.29 is 17.6 Å². The Morgan fingerprint density at radius 1 is 1.26 bits per heavy atom. The zero-order chi connectivity index (χ0) is 14.8. The van der Waals surface area contributed by atoms with Gasteiger partial charge in [-0.25, -0.2) is 22.3 Å². The molecule has 0 heterocycles. The first kappa shape index (κ1) is 15.2. The molecule has 1 aromatic rings. The number of amides is 2. The standard InChI is InChI=1S/C11H16FN3O3S/c1-11(2,3)14-10(16)15-19(17,18)9-5-7(12)4-8(13)6-9/h4-6H,13H2,1-3H3,(H2,14,15,16). The maximum atomic E-state index is 13.1. The van der Waals surface area contributed by atoms with Gasteiger partial charge >= 0.3 is 6.03 Å². The molecule has 19 heavy (non-hydrogen) atoms. The number of halogens is 1. The van der Waals surface area contributed by atoms with Gasteiger partial charge in [0.2, 0.25) is 0 Å². The Balaban J connectivity index is 2.96. The summed E-state index contributed by atoms with van der Waals surface area (Å²) in [5.74, 6) is -0.795. The monoisotopic (exact) mass is 289 g/mol. The molecular formula is C11H16FN3O3S. The third-order valence-electron chi connectivity index (χ3n) is 1.92. The molecule has 0 spiro atoms. The Morgan fingerprint density at radius 3 is 2.32 bits per heavy atom. The molecule has 2 amide bonds. The number of nitrogens with one attached hydrogen (secondary N) is 2. The third-order valence-corrected chi connectivity index (χ3v) is 3.23. The minimum Gasteiger partial charge on any atom is -0.399 e. The van der Waals surface area contributed by atoms with Gasteiger partial charge in [-0.2, -0.15) is 0 Å². The molecular weight excluding hydrogens is 273 g/mol. The first-order valence-corrected chi connectivity index (χ1v) is 6.89. The van der Waals surface area contributed by atoms with Gasteiger partial charge in [0.1, 0.15) is 5.82 Å². The lowest BCUT2D eigenvalue weighted by Gasteiger charge is -2.20. The Morgan fingerprint density at radius 2 is 1.84 bits per heavy atom. The minimum atomic E-state index is -4.16. The highest BCUT2D eigenvalue weighted by atomic mass is 32.2. The van der Waals surface area contributed by atoms with E-state index < -0.39 is 32.3 Å². The van der Waals surface area contributed by atoms with Crippen LogP contribution in [0, 0.1) is 5.82 Å². The van der Waals surface area contributed by atoms with E-state index in [9.17, 15) is 17.6 Å². The zero-order valence-electron chi connectivity index (χ0n) is 10.8. The van der Waals surface area contributed by atoms with Crippen molar-refractivity contribution in [2.45, 2.75) is 31.2 Å². The SMILES string of the molecule is CC(C)(C)NC(=O)NS(=O)(=O)c1cc(N)cc(F)c1. The number of sulfonamides is 1. The van der Waals surface area contributed by atoms with Crippen molar-refractivity contribution in [2.24, 2.45) is 0 Å². The van der Waals surface area contributed by atoms with E-state index in [1.165, 1.54) is 0 Å².